The van der Waals surface area contributed by atoms with E-state index in [2.05, 4.69) is 54.8 Å². The first-order valence-corrected chi connectivity index (χ1v) is 19.9. The summed E-state index contributed by atoms with van der Waals surface area (Å²) >= 11 is 0. The number of alkyl carbamates (subject to hydrolysis) is 1. The molecule has 7 rings (SSSR count). The number of carbonyl (C=O) groups excluding carboxylic acids is 3. The zero-order valence-electron chi connectivity index (χ0n) is 33.9. The molecule has 3 N–H and O–H groups in total. The Morgan fingerprint density at radius 2 is 1.59 bits per heavy atom. The molecule has 0 radical (unpaired) electrons. The highest BCUT2D eigenvalue weighted by Crippen LogP contribution is 2.46. The van der Waals surface area contributed by atoms with Crippen LogP contribution in [0.25, 0.3) is 22.3 Å². The van der Waals surface area contributed by atoms with Gasteiger partial charge >= 0.3 is 6.09 Å². The van der Waals surface area contributed by atoms with Crippen molar-refractivity contribution in [1.82, 2.24) is 35.1 Å². The van der Waals surface area contributed by atoms with Crippen molar-refractivity contribution in [3.05, 3.63) is 71.4 Å². The first kappa shape index (κ1) is 39.1. The van der Waals surface area contributed by atoms with Crippen LogP contribution in [0.15, 0.2) is 48.7 Å². The van der Waals surface area contributed by atoms with E-state index in [1.165, 1.54) is 7.11 Å². The van der Waals surface area contributed by atoms with Crippen LogP contribution < -0.4 is 5.32 Å². The molecule has 296 valence electrons. The third-order valence-electron chi connectivity index (χ3n) is 11.9. The summed E-state index contributed by atoms with van der Waals surface area (Å²) in [6.07, 6.45) is 4.64. The second-order valence-corrected chi connectivity index (χ2v) is 17.4. The lowest BCUT2D eigenvalue weighted by atomic mass is 9.90. The number of aromatic amines is 2. The molecule has 2 aromatic heterocycles. The summed E-state index contributed by atoms with van der Waals surface area (Å²) in [6, 6.07) is 12.9. The number of likely N-dealkylation sites (tertiary alicyclic amines) is 2. The molecule has 12 nitrogen and oxygen atoms in total. The lowest BCUT2D eigenvalue weighted by Crippen LogP contribution is -2.51. The summed E-state index contributed by atoms with van der Waals surface area (Å²) in [5.74, 6) is 8.17. The molecule has 4 aromatic rings. The minimum atomic E-state index is -0.709. The van der Waals surface area contributed by atoms with Crippen LogP contribution in [-0.2, 0) is 19.1 Å². The summed E-state index contributed by atoms with van der Waals surface area (Å²) in [4.78, 5) is 60.1. The molecule has 5 heterocycles. The Kier molecular flexibility index (Phi) is 10.8. The number of amides is 3. The molecule has 2 aromatic carbocycles. The number of hydrogen-bond donors (Lipinski definition) is 3. The number of hydrogen-bond acceptors (Lipinski definition) is 7. The minimum Gasteiger partial charge on any atom is -0.453 e. The van der Waals surface area contributed by atoms with Gasteiger partial charge in [0.2, 0.25) is 11.8 Å². The first-order chi connectivity index (χ1) is 26.7. The van der Waals surface area contributed by atoms with E-state index >= 15 is 0 Å². The number of fused-ring (bicyclic) bond motifs is 1. The standard InChI is InChI=1S/C44H55N7O5/c1-26(2)28(5)40(52)51-25-44(18-9-19-56-44)22-36(51)39-46-32-17-14-30(20-33(32)47-39)11-10-29-12-15-31(16-13-29)34-23-45-38(48-34)35-21-43(6,7)24-50(35)41(53)37(27(3)4)49-42(54)55-8/h12-17,20,23,26-28,35-37H,9,18-19,21-22,24-25H2,1-8H3,(H,45,48)(H,46,47)(H,49,54)/t28-,35-,36-,37-,44-/m0/s1. The lowest BCUT2D eigenvalue weighted by molar-refractivity contribution is -0.138. The predicted octanol–water partition coefficient (Wildman–Crippen LogP) is 7.15. The molecular weight excluding hydrogens is 707 g/mol. The van der Waals surface area contributed by atoms with Gasteiger partial charge in [-0.15, -0.1) is 0 Å². The maximum absolute atomic E-state index is 13.8. The van der Waals surface area contributed by atoms with Gasteiger partial charge in [-0.2, -0.15) is 0 Å². The second kappa shape index (κ2) is 15.4. The van der Waals surface area contributed by atoms with E-state index in [0.717, 1.165) is 71.5 Å². The number of rotatable bonds is 8. The van der Waals surface area contributed by atoms with Crippen molar-refractivity contribution in [2.75, 3.05) is 26.8 Å². The predicted molar refractivity (Wildman–Crippen MR) is 214 cm³/mol. The van der Waals surface area contributed by atoms with Gasteiger partial charge in [0.05, 0.1) is 54.3 Å². The second-order valence-electron chi connectivity index (χ2n) is 17.4. The molecule has 0 aliphatic carbocycles. The topological polar surface area (TPSA) is 146 Å². The number of ether oxygens (including phenoxy) is 2. The third-order valence-corrected chi connectivity index (χ3v) is 11.9. The van der Waals surface area contributed by atoms with E-state index in [9.17, 15) is 14.4 Å². The molecule has 0 unspecified atom stereocenters. The summed E-state index contributed by atoms with van der Waals surface area (Å²) in [6.45, 7) is 16.2. The lowest BCUT2D eigenvalue weighted by Gasteiger charge is -2.30. The summed E-state index contributed by atoms with van der Waals surface area (Å²) in [5.41, 5.74) is 4.84. The number of nitrogens with one attached hydrogen (secondary N) is 3. The average Bonchev–Trinajstić information content (AvgIpc) is 4.02. The van der Waals surface area contributed by atoms with E-state index in [0.29, 0.717) is 18.9 Å². The van der Waals surface area contributed by atoms with E-state index in [1.54, 1.807) is 6.20 Å². The van der Waals surface area contributed by atoms with Crippen molar-refractivity contribution < 1.29 is 23.9 Å². The van der Waals surface area contributed by atoms with Crippen molar-refractivity contribution in [2.24, 2.45) is 23.2 Å². The average molecular weight is 762 g/mol. The van der Waals surface area contributed by atoms with Crippen LogP contribution in [0.1, 0.15) is 109 Å². The number of methoxy groups -OCH3 is 1. The quantitative estimate of drug-likeness (QED) is 0.162. The molecule has 0 saturated carbocycles. The van der Waals surface area contributed by atoms with E-state index in [4.69, 9.17) is 19.4 Å². The van der Waals surface area contributed by atoms with Gasteiger partial charge in [0.25, 0.3) is 0 Å². The first-order valence-electron chi connectivity index (χ1n) is 19.9. The highest BCUT2D eigenvalue weighted by atomic mass is 16.5. The highest BCUT2D eigenvalue weighted by molar-refractivity contribution is 5.86. The molecule has 1 spiro atoms. The Balaban J connectivity index is 1.05. The van der Waals surface area contributed by atoms with E-state index < -0.39 is 12.1 Å². The van der Waals surface area contributed by atoms with Crippen molar-refractivity contribution >= 4 is 28.9 Å². The van der Waals surface area contributed by atoms with Gasteiger partial charge in [0.1, 0.15) is 17.7 Å². The van der Waals surface area contributed by atoms with E-state index in [-0.39, 0.29) is 52.7 Å². The van der Waals surface area contributed by atoms with Crippen LogP contribution in [-0.4, -0.2) is 86.1 Å². The smallest absolute Gasteiger partial charge is 0.407 e. The van der Waals surface area contributed by atoms with Crippen LogP contribution in [0, 0.1) is 35.0 Å². The fourth-order valence-electron chi connectivity index (χ4n) is 8.43. The molecule has 3 aliphatic rings. The van der Waals surface area contributed by atoms with Gasteiger partial charge in [-0.3, -0.25) is 9.59 Å². The van der Waals surface area contributed by atoms with Crippen LogP contribution in [0.4, 0.5) is 4.79 Å². The van der Waals surface area contributed by atoms with Crippen LogP contribution in [0.5, 0.6) is 0 Å². The monoisotopic (exact) mass is 761 g/mol. The fraction of sp³-hybridized carbons (Fsp3) is 0.523. The van der Waals surface area contributed by atoms with Gasteiger partial charge < -0.3 is 34.6 Å². The maximum Gasteiger partial charge on any atom is 0.407 e. The van der Waals surface area contributed by atoms with Gasteiger partial charge in [-0.1, -0.05) is 72.4 Å². The minimum absolute atomic E-state index is 0.0824. The number of aromatic nitrogens is 4. The molecular formula is C44H55N7O5. The Hall–Kier alpha value is -5.15. The number of carbonyl (C=O) groups is 3. The van der Waals surface area contributed by atoms with E-state index in [1.807, 2.05) is 73.0 Å². The van der Waals surface area contributed by atoms with Crippen molar-refractivity contribution in [2.45, 2.75) is 97.9 Å². The van der Waals surface area contributed by atoms with Gasteiger partial charge in [-0.25, -0.2) is 14.8 Å². The highest BCUT2D eigenvalue weighted by Gasteiger charge is 2.51. The van der Waals surface area contributed by atoms with Gasteiger partial charge in [0.15, 0.2) is 0 Å². The van der Waals surface area contributed by atoms with Crippen molar-refractivity contribution in [3.8, 4) is 23.1 Å². The number of nitrogens with zero attached hydrogens (tertiary/aromatic N) is 4. The summed E-state index contributed by atoms with van der Waals surface area (Å²) in [7, 11) is 1.30. The molecule has 3 saturated heterocycles. The number of benzene rings is 2. The molecule has 0 bridgehead atoms. The summed E-state index contributed by atoms with van der Waals surface area (Å²) < 4.78 is 11.0. The summed E-state index contributed by atoms with van der Waals surface area (Å²) in [5, 5.41) is 2.72. The molecule has 5 atom stereocenters. The Bertz CT molecular complexity index is 2150. The normalized spacial score (nSPS) is 22.8. The zero-order chi connectivity index (χ0) is 39.9. The van der Waals surface area contributed by atoms with Crippen molar-refractivity contribution in [1.29, 1.82) is 0 Å². The van der Waals surface area contributed by atoms with Crippen molar-refractivity contribution in [3.63, 3.8) is 0 Å². The largest absolute Gasteiger partial charge is 0.453 e. The maximum atomic E-state index is 13.8. The number of imidazole rings is 2. The Morgan fingerprint density at radius 1 is 0.893 bits per heavy atom. The van der Waals surface area contributed by atoms with Gasteiger partial charge in [0, 0.05) is 36.6 Å². The molecule has 3 aliphatic heterocycles. The third kappa shape index (κ3) is 7.92. The SMILES string of the molecule is COC(=O)N[C@H](C(=O)N1CC(C)(C)C[C@H]1c1ncc(-c2ccc(C#Cc3ccc4nc([C@@H]5C[C@@]6(CCCO6)CN5C(=O)[C@@H](C)C(C)C)[nH]c4c3)cc2)[nH]1)C(C)C. The van der Waals surface area contributed by atoms with Gasteiger partial charge in [-0.05, 0) is 72.4 Å². The molecule has 3 fully saturated rings. The molecule has 3 amide bonds. The Morgan fingerprint density at radius 3 is 2.27 bits per heavy atom. The Labute approximate surface area is 329 Å². The zero-order valence-corrected chi connectivity index (χ0v) is 33.9. The van der Waals surface area contributed by atoms with Crippen LogP contribution >= 0.6 is 0 Å². The fourth-order valence-corrected chi connectivity index (χ4v) is 8.43. The molecule has 56 heavy (non-hydrogen) atoms. The molecule has 12 heteroatoms. The van der Waals surface area contributed by atoms with Crippen LogP contribution in [0.3, 0.4) is 0 Å². The van der Waals surface area contributed by atoms with Crippen LogP contribution in [0.2, 0.25) is 0 Å². The number of H-pyrrole nitrogens is 2.